The van der Waals surface area contributed by atoms with Gasteiger partial charge in [0.25, 0.3) is 0 Å². The maximum atomic E-state index is 12.1. The number of ether oxygens (including phenoxy) is 2. The van der Waals surface area contributed by atoms with Crippen LogP contribution < -0.4 is 5.32 Å². The van der Waals surface area contributed by atoms with Crippen LogP contribution in [0.1, 0.15) is 48.0 Å². The number of aliphatic imine (C=N–C) groups is 1. The summed E-state index contributed by atoms with van der Waals surface area (Å²) in [5.41, 5.74) is -1.42. The minimum atomic E-state index is -1.33. The molecule has 0 aliphatic heterocycles. The van der Waals surface area contributed by atoms with E-state index >= 15 is 0 Å². The largest absolute Gasteiger partial charge is 0.465 e. The fourth-order valence-corrected chi connectivity index (χ4v) is 2.01. The van der Waals surface area contributed by atoms with Gasteiger partial charge in [-0.3, -0.25) is 0 Å². The number of aromatic nitrogens is 2. The summed E-state index contributed by atoms with van der Waals surface area (Å²) in [5, 5.41) is 16.1. The van der Waals surface area contributed by atoms with Gasteiger partial charge in [-0.1, -0.05) is 0 Å². The summed E-state index contributed by atoms with van der Waals surface area (Å²) in [6.45, 7) is 10.3. The van der Waals surface area contributed by atoms with E-state index in [9.17, 15) is 19.5 Å². The predicted molar refractivity (Wildman–Crippen MR) is 105 cm³/mol. The molecular weight excluding hydrogens is 382 g/mol. The van der Waals surface area contributed by atoms with Gasteiger partial charge in [0.1, 0.15) is 11.2 Å². The van der Waals surface area contributed by atoms with Crippen LogP contribution in [0.25, 0.3) is 0 Å². The number of amides is 3. The molecule has 0 aromatic carbocycles. The molecule has 0 spiro atoms. The lowest BCUT2D eigenvalue weighted by molar-refractivity contribution is 0.0525. The summed E-state index contributed by atoms with van der Waals surface area (Å²) in [5.74, 6) is -0.228. The average molecular weight is 411 g/mol. The van der Waals surface area contributed by atoms with E-state index in [0.717, 1.165) is 9.58 Å². The van der Waals surface area contributed by atoms with Crippen molar-refractivity contribution in [3.63, 3.8) is 0 Å². The van der Waals surface area contributed by atoms with E-state index in [-0.39, 0.29) is 25.5 Å². The molecule has 1 rings (SSSR count). The molecule has 162 valence electrons. The number of hydrogen-bond donors (Lipinski definition) is 2. The summed E-state index contributed by atoms with van der Waals surface area (Å²) >= 11 is 0. The smallest absolute Gasteiger partial charge is 0.437 e. The second-order valence-electron chi connectivity index (χ2n) is 8.06. The van der Waals surface area contributed by atoms with Crippen LogP contribution in [-0.2, 0) is 9.47 Å². The van der Waals surface area contributed by atoms with Crippen LogP contribution in [0.5, 0.6) is 0 Å². The summed E-state index contributed by atoms with van der Waals surface area (Å²) in [6, 6.07) is 1.56. The Morgan fingerprint density at radius 1 is 1.14 bits per heavy atom. The van der Waals surface area contributed by atoms with E-state index in [0.29, 0.717) is 0 Å². The van der Waals surface area contributed by atoms with Crippen LogP contribution in [0, 0.1) is 0 Å². The zero-order valence-electron chi connectivity index (χ0n) is 17.6. The van der Waals surface area contributed by atoms with E-state index in [1.54, 1.807) is 47.6 Å². The SMILES string of the molecule is CC(C)(C)OC(=O)N=C(N(CCCNC(=O)OC(C)(C)C)C(=O)O)n1cccn1. The Kier molecular flexibility index (Phi) is 8.16. The molecule has 11 nitrogen and oxygen atoms in total. The molecule has 0 aliphatic carbocycles. The number of nitrogens with zero attached hydrogens (tertiary/aromatic N) is 4. The zero-order chi connectivity index (χ0) is 22.2. The van der Waals surface area contributed by atoms with Crippen molar-refractivity contribution >= 4 is 24.2 Å². The van der Waals surface area contributed by atoms with Gasteiger partial charge in [0.15, 0.2) is 0 Å². The van der Waals surface area contributed by atoms with E-state index in [1.165, 1.54) is 12.4 Å². The van der Waals surface area contributed by atoms with Crippen molar-refractivity contribution < 1.29 is 29.0 Å². The Balaban J connectivity index is 2.86. The summed E-state index contributed by atoms with van der Waals surface area (Å²) in [7, 11) is 0. The van der Waals surface area contributed by atoms with Crippen LogP contribution in [0.2, 0.25) is 0 Å². The molecule has 0 unspecified atom stereocenters. The van der Waals surface area contributed by atoms with Crippen LogP contribution >= 0.6 is 0 Å². The van der Waals surface area contributed by atoms with Crippen LogP contribution in [0.15, 0.2) is 23.5 Å². The number of carbonyl (C=O) groups excluding carboxylic acids is 2. The molecule has 0 radical (unpaired) electrons. The Morgan fingerprint density at radius 2 is 1.76 bits per heavy atom. The van der Waals surface area contributed by atoms with Gasteiger partial charge in [-0.25, -0.2) is 24.0 Å². The Labute approximate surface area is 169 Å². The van der Waals surface area contributed by atoms with Gasteiger partial charge >= 0.3 is 18.3 Å². The number of rotatable bonds is 4. The highest BCUT2D eigenvalue weighted by molar-refractivity contribution is 5.99. The van der Waals surface area contributed by atoms with Crippen molar-refractivity contribution in [1.29, 1.82) is 0 Å². The standard InChI is InChI=1S/C18H29N5O6/c1-17(2,3)28-14(24)19-9-7-11-22(16(26)27)13(23-12-8-10-20-23)21-15(25)29-18(4,5)6/h8,10,12H,7,9,11H2,1-6H3,(H,19,24)(H,26,27). The second kappa shape index (κ2) is 9.89. The fourth-order valence-electron chi connectivity index (χ4n) is 2.01. The van der Waals surface area contributed by atoms with E-state index in [1.807, 2.05) is 0 Å². The maximum absolute atomic E-state index is 12.1. The van der Waals surface area contributed by atoms with Gasteiger partial charge in [-0.2, -0.15) is 5.10 Å². The molecule has 29 heavy (non-hydrogen) atoms. The molecule has 2 N–H and O–H groups in total. The zero-order valence-corrected chi connectivity index (χ0v) is 17.6. The van der Waals surface area contributed by atoms with Gasteiger partial charge in [-0.15, -0.1) is 4.99 Å². The molecule has 1 heterocycles. The lowest BCUT2D eigenvalue weighted by Crippen LogP contribution is -2.43. The third-order valence-corrected chi connectivity index (χ3v) is 2.99. The topological polar surface area (TPSA) is 135 Å². The number of carbonyl (C=O) groups is 3. The second-order valence-corrected chi connectivity index (χ2v) is 8.06. The number of alkyl carbamates (subject to hydrolysis) is 1. The van der Waals surface area contributed by atoms with Crippen LogP contribution in [0.3, 0.4) is 0 Å². The van der Waals surface area contributed by atoms with E-state index in [2.05, 4.69) is 15.4 Å². The lowest BCUT2D eigenvalue weighted by Gasteiger charge is -2.22. The summed E-state index contributed by atoms with van der Waals surface area (Å²) in [6.07, 6.45) is 0.253. The fraction of sp³-hybridized carbons (Fsp3) is 0.611. The third kappa shape index (κ3) is 9.58. The van der Waals surface area contributed by atoms with Gasteiger partial charge < -0.3 is 19.9 Å². The number of carboxylic acid groups (broad SMARTS) is 1. The molecule has 0 atom stereocenters. The van der Waals surface area contributed by atoms with Gasteiger partial charge in [-0.05, 0) is 54.0 Å². The molecule has 0 fully saturated rings. The van der Waals surface area contributed by atoms with Crippen molar-refractivity contribution in [3.8, 4) is 0 Å². The first-order chi connectivity index (χ1) is 13.3. The van der Waals surface area contributed by atoms with Gasteiger partial charge in [0, 0.05) is 25.5 Å². The van der Waals surface area contributed by atoms with E-state index in [4.69, 9.17) is 9.47 Å². The molecule has 1 aromatic rings. The number of hydrogen-bond acceptors (Lipinski definition) is 6. The lowest BCUT2D eigenvalue weighted by atomic mass is 10.2. The molecule has 0 aliphatic rings. The molecule has 0 saturated carbocycles. The highest BCUT2D eigenvalue weighted by Crippen LogP contribution is 2.10. The maximum Gasteiger partial charge on any atom is 0.437 e. The Hall–Kier alpha value is -3.11. The predicted octanol–water partition coefficient (Wildman–Crippen LogP) is 2.92. The molecule has 0 bridgehead atoms. The molecule has 11 heteroatoms. The summed E-state index contributed by atoms with van der Waals surface area (Å²) < 4.78 is 11.4. The average Bonchev–Trinajstić information content (AvgIpc) is 3.03. The van der Waals surface area contributed by atoms with Crippen LogP contribution in [-0.4, -0.2) is 68.3 Å². The highest BCUT2D eigenvalue weighted by Gasteiger charge is 2.24. The van der Waals surface area contributed by atoms with Gasteiger partial charge in [0.05, 0.1) is 0 Å². The normalized spacial score (nSPS) is 12.3. The minimum Gasteiger partial charge on any atom is -0.465 e. The first-order valence-corrected chi connectivity index (χ1v) is 9.07. The first-order valence-electron chi connectivity index (χ1n) is 9.07. The van der Waals surface area contributed by atoms with Crippen molar-refractivity contribution in [1.82, 2.24) is 20.0 Å². The quantitative estimate of drug-likeness (QED) is 0.442. The van der Waals surface area contributed by atoms with E-state index < -0.39 is 29.5 Å². The van der Waals surface area contributed by atoms with Crippen molar-refractivity contribution in [2.75, 3.05) is 13.1 Å². The van der Waals surface area contributed by atoms with Crippen molar-refractivity contribution in [3.05, 3.63) is 18.5 Å². The highest BCUT2D eigenvalue weighted by atomic mass is 16.6. The van der Waals surface area contributed by atoms with Crippen LogP contribution in [0.4, 0.5) is 14.4 Å². The first kappa shape index (κ1) is 23.9. The Morgan fingerprint density at radius 3 is 2.24 bits per heavy atom. The molecule has 1 aromatic heterocycles. The van der Waals surface area contributed by atoms with Crippen molar-refractivity contribution in [2.24, 2.45) is 4.99 Å². The molecular formula is C18H29N5O6. The Bertz CT molecular complexity index is 731. The minimum absolute atomic E-state index is 0.0490. The summed E-state index contributed by atoms with van der Waals surface area (Å²) in [4.78, 5) is 40.2. The third-order valence-electron chi connectivity index (χ3n) is 2.99. The monoisotopic (exact) mass is 411 g/mol. The molecule has 3 amide bonds. The van der Waals surface area contributed by atoms with Gasteiger partial charge in [0.2, 0.25) is 5.96 Å². The molecule has 0 saturated heterocycles. The number of nitrogens with one attached hydrogen (secondary N) is 1. The van der Waals surface area contributed by atoms with Crippen molar-refractivity contribution in [2.45, 2.75) is 59.2 Å².